The third-order valence-corrected chi connectivity index (χ3v) is 2.67. The van der Waals surface area contributed by atoms with Crippen molar-refractivity contribution in [2.45, 2.75) is 52.4 Å². The van der Waals surface area contributed by atoms with Crippen molar-refractivity contribution < 1.29 is 28.2 Å². The van der Waals surface area contributed by atoms with Crippen LogP contribution in [-0.2, 0) is 23.8 Å². The largest absolute Gasteiger partial charge is 0.458 e. The minimum atomic E-state index is -1.54. The quantitative estimate of drug-likeness (QED) is 0.687. The predicted molar refractivity (Wildman–Crippen MR) is 55.7 cm³/mol. The van der Waals surface area contributed by atoms with Crippen LogP contribution < -0.4 is 0 Å². The topological polar surface area (TPSA) is 61.8 Å². The standard InChI is InChI=1S/C11H17FO5/c1-5-9(16-7(3)13)10(17-8(4)14)6(2)15-11(5)12/h5-6,9-11H,1-4H3/t5-,6-,9-,10+,11+/m0/s1. The summed E-state index contributed by atoms with van der Waals surface area (Å²) in [6.07, 6.45) is -3.80. The SMILES string of the molecule is CC(=O)O[C@H]1[C@H](C)[C@H](F)O[C@@H](C)[C@H]1OC(C)=O. The minimum absolute atomic E-state index is 0.521. The first kappa shape index (κ1) is 13.9. The molecule has 0 aromatic rings. The van der Waals surface area contributed by atoms with Crippen molar-refractivity contribution >= 4 is 11.9 Å². The third kappa shape index (κ3) is 3.39. The summed E-state index contributed by atoms with van der Waals surface area (Å²) < 4.78 is 28.5. The fraction of sp³-hybridized carbons (Fsp3) is 0.818. The number of esters is 2. The van der Waals surface area contributed by atoms with E-state index in [0.29, 0.717) is 0 Å². The van der Waals surface area contributed by atoms with Gasteiger partial charge in [-0.25, -0.2) is 4.39 Å². The summed E-state index contributed by atoms with van der Waals surface area (Å²) in [5.41, 5.74) is 0. The summed E-state index contributed by atoms with van der Waals surface area (Å²) in [6, 6.07) is 0. The van der Waals surface area contributed by atoms with Gasteiger partial charge in [0.25, 0.3) is 0 Å². The van der Waals surface area contributed by atoms with Crippen molar-refractivity contribution in [3.63, 3.8) is 0 Å². The van der Waals surface area contributed by atoms with Crippen LogP contribution in [0.15, 0.2) is 0 Å². The van der Waals surface area contributed by atoms with Gasteiger partial charge in [-0.2, -0.15) is 0 Å². The summed E-state index contributed by atoms with van der Waals surface area (Å²) in [4.78, 5) is 21.9. The van der Waals surface area contributed by atoms with E-state index in [4.69, 9.17) is 14.2 Å². The molecule has 5 atom stereocenters. The van der Waals surface area contributed by atoms with Crippen LogP contribution in [0.4, 0.5) is 4.39 Å². The van der Waals surface area contributed by atoms with E-state index in [1.165, 1.54) is 13.8 Å². The highest BCUT2D eigenvalue weighted by Crippen LogP contribution is 2.30. The number of alkyl halides is 1. The number of hydrogen-bond acceptors (Lipinski definition) is 5. The van der Waals surface area contributed by atoms with E-state index in [-0.39, 0.29) is 0 Å². The predicted octanol–water partition coefficient (Wildman–Crippen LogP) is 1.20. The number of carbonyl (C=O) groups is 2. The fourth-order valence-corrected chi connectivity index (χ4v) is 1.84. The van der Waals surface area contributed by atoms with E-state index in [0.717, 1.165) is 0 Å². The molecule has 1 heterocycles. The molecule has 0 spiro atoms. The molecule has 6 heteroatoms. The molecule has 1 saturated heterocycles. The van der Waals surface area contributed by atoms with E-state index in [1.54, 1.807) is 13.8 Å². The number of halogens is 1. The zero-order valence-electron chi connectivity index (χ0n) is 10.3. The maximum absolute atomic E-state index is 13.5. The normalized spacial score (nSPS) is 37.4. The maximum atomic E-state index is 13.5. The summed E-state index contributed by atoms with van der Waals surface area (Å²) in [5, 5.41) is 0. The lowest BCUT2D eigenvalue weighted by Crippen LogP contribution is -2.54. The van der Waals surface area contributed by atoms with Crippen LogP contribution in [0.2, 0.25) is 0 Å². The fourth-order valence-electron chi connectivity index (χ4n) is 1.84. The molecule has 0 aliphatic carbocycles. The average Bonchev–Trinajstić information content (AvgIpc) is 2.19. The van der Waals surface area contributed by atoms with E-state index in [9.17, 15) is 14.0 Å². The minimum Gasteiger partial charge on any atom is -0.458 e. The Bertz CT molecular complexity index is 306. The summed E-state index contributed by atoms with van der Waals surface area (Å²) >= 11 is 0. The molecule has 1 aliphatic rings. The van der Waals surface area contributed by atoms with Crippen molar-refractivity contribution in [1.29, 1.82) is 0 Å². The average molecular weight is 248 g/mol. The number of ether oxygens (including phenoxy) is 3. The molecule has 1 rings (SSSR count). The van der Waals surface area contributed by atoms with E-state index >= 15 is 0 Å². The van der Waals surface area contributed by atoms with Crippen LogP contribution in [0.25, 0.3) is 0 Å². The molecule has 17 heavy (non-hydrogen) atoms. The van der Waals surface area contributed by atoms with Gasteiger partial charge in [-0.15, -0.1) is 0 Å². The Hall–Kier alpha value is -1.17. The van der Waals surface area contributed by atoms with E-state index in [1.807, 2.05) is 0 Å². The van der Waals surface area contributed by atoms with Gasteiger partial charge in [0.05, 0.1) is 12.0 Å². The number of hydrogen-bond donors (Lipinski definition) is 0. The molecule has 0 aromatic heterocycles. The van der Waals surface area contributed by atoms with Gasteiger partial charge in [0.15, 0.2) is 6.10 Å². The smallest absolute Gasteiger partial charge is 0.303 e. The van der Waals surface area contributed by atoms with Crippen LogP contribution in [0.3, 0.4) is 0 Å². The molecule has 98 valence electrons. The first-order chi connectivity index (χ1) is 7.82. The molecule has 0 amide bonds. The molecular weight excluding hydrogens is 231 g/mol. The number of carbonyl (C=O) groups excluding carboxylic acids is 2. The molecular formula is C11H17FO5. The highest BCUT2D eigenvalue weighted by atomic mass is 19.1. The van der Waals surface area contributed by atoms with Gasteiger partial charge in [-0.05, 0) is 6.92 Å². The van der Waals surface area contributed by atoms with Crippen LogP contribution >= 0.6 is 0 Å². The lowest BCUT2D eigenvalue weighted by molar-refractivity contribution is -0.244. The lowest BCUT2D eigenvalue weighted by atomic mass is 9.93. The zero-order chi connectivity index (χ0) is 13.2. The van der Waals surface area contributed by atoms with Gasteiger partial charge >= 0.3 is 11.9 Å². The van der Waals surface area contributed by atoms with Crippen LogP contribution in [0.5, 0.6) is 0 Å². The van der Waals surface area contributed by atoms with Crippen molar-refractivity contribution in [3.05, 3.63) is 0 Å². The van der Waals surface area contributed by atoms with Crippen molar-refractivity contribution in [1.82, 2.24) is 0 Å². The van der Waals surface area contributed by atoms with Crippen molar-refractivity contribution in [3.8, 4) is 0 Å². The second-order valence-corrected chi connectivity index (χ2v) is 4.20. The molecule has 0 bridgehead atoms. The first-order valence-corrected chi connectivity index (χ1v) is 5.47. The molecule has 0 unspecified atom stereocenters. The molecule has 0 saturated carbocycles. The Morgan fingerprint density at radius 3 is 2.00 bits per heavy atom. The molecule has 1 aliphatic heterocycles. The summed E-state index contributed by atoms with van der Waals surface area (Å²) in [5.74, 6) is -1.74. The Morgan fingerprint density at radius 2 is 1.53 bits per heavy atom. The molecule has 0 N–H and O–H groups in total. The Balaban J connectivity index is 2.86. The third-order valence-electron chi connectivity index (χ3n) is 2.67. The molecule has 5 nitrogen and oxygen atoms in total. The lowest BCUT2D eigenvalue weighted by Gasteiger charge is -2.40. The van der Waals surface area contributed by atoms with Crippen LogP contribution in [-0.4, -0.2) is 36.6 Å². The van der Waals surface area contributed by atoms with Crippen LogP contribution in [0, 0.1) is 5.92 Å². The monoisotopic (exact) mass is 248 g/mol. The second kappa shape index (κ2) is 5.44. The second-order valence-electron chi connectivity index (χ2n) is 4.20. The van der Waals surface area contributed by atoms with Crippen molar-refractivity contribution in [2.24, 2.45) is 5.92 Å². The summed E-state index contributed by atoms with van der Waals surface area (Å²) in [7, 11) is 0. The maximum Gasteiger partial charge on any atom is 0.303 e. The molecule has 1 fully saturated rings. The van der Waals surface area contributed by atoms with Gasteiger partial charge in [-0.3, -0.25) is 9.59 Å². The van der Waals surface area contributed by atoms with Crippen LogP contribution in [0.1, 0.15) is 27.7 Å². The number of rotatable bonds is 2. The highest BCUT2D eigenvalue weighted by Gasteiger charge is 2.46. The summed E-state index contributed by atoms with van der Waals surface area (Å²) in [6.45, 7) is 5.58. The van der Waals surface area contributed by atoms with E-state index in [2.05, 4.69) is 0 Å². The van der Waals surface area contributed by atoms with Gasteiger partial charge in [0, 0.05) is 13.8 Å². The Labute approximate surface area is 99.2 Å². The molecule has 0 aromatic carbocycles. The highest BCUT2D eigenvalue weighted by molar-refractivity contribution is 5.67. The zero-order valence-corrected chi connectivity index (χ0v) is 10.3. The first-order valence-electron chi connectivity index (χ1n) is 5.47. The van der Waals surface area contributed by atoms with Crippen molar-refractivity contribution in [2.75, 3.05) is 0 Å². The van der Waals surface area contributed by atoms with Gasteiger partial charge < -0.3 is 14.2 Å². The van der Waals surface area contributed by atoms with Gasteiger partial charge in [0.1, 0.15) is 6.10 Å². The molecule has 0 radical (unpaired) electrons. The van der Waals surface area contributed by atoms with Gasteiger partial charge in [0.2, 0.25) is 6.36 Å². The Morgan fingerprint density at radius 1 is 1.06 bits per heavy atom. The van der Waals surface area contributed by atoms with E-state index < -0.39 is 42.5 Å². The van der Waals surface area contributed by atoms with Gasteiger partial charge in [-0.1, -0.05) is 6.92 Å². The Kier molecular flexibility index (Phi) is 4.45.